The van der Waals surface area contributed by atoms with Crippen molar-refractivity contribution in [2.75, 3.05) is 33.0 Å². The molecule has 1 fully saturated rings. The van der Waals surface area contributed by atoms with Crippen molar-refractivity contribution in [3.63, 3.8) is 0 Å². The lowest BCUT2D eigenvalue weighted by Crippen LogP contribution is -2.52. The highest BCUT2D eigenvalue weighted by molar-refractivity contribution is 5.95. The van der Waals surface area contributed by atoms with Crippen LogP contribution >= 0.6 is 12.4 Å². The number of rotatable bonds is 3. The van der Waals surface area contributed by atoms with Gasteiger partial charge in [-0.3, -0.25) is 9.59 Å². The summed E-state index contributed by atoms with van der Waals surface area (Å²) in [6.07, 6.45) is 0. The molecule has 1 atom stereocenters. The Morgan fingerprint density at radius 1 is 0.931 bits per heavy atom. The van der Waals surface area contributed by atoms with E-state index in [-0.39, 0.29) is 31.0 Å². The van der Waals surface area contributed by atoms with Crippen LogP contribution in [0.1, 0.15) is 27.5 Å². The van der Waals surface area contributed by atoms with Crippen molar-refractivity contribution < 1.29 is 19.1 Å². The minimum Gasteiger partial charge on any atom is -0.454 e. The lowest BCUT2D eigenvalue weighted by molar-refractivity contribution is -0.134. The third-order valence-electron chi connectivity index (χ3n) is 5.20. The van der Waals surface area contributed by atoms with Gasteiger partial charge in [-0.15, -0.1) is 12.4 Å². The smallest absolute Gasteiger partial charge is 0.254 e. The molecule has 0 aromatic heterocycles. The van der Waals surface area contributed by atoms with Crippen LogP contribution in [0.4, 0.5) is 0 Å². The third kappa shape index (κ3) is 4.31. The van der Waals surface area contributed by atoms with Gasteiger partial charge in [-0.25, -0.2) is 0 Å². The molecule has 2 aliphatic heterocycles. The van der Waals surface area contributed by atoms with Gasteiger partial charge in [0.05, 0.1) is 0 Å². The molecule has 8 heteroatoms. The van der Waals surface area contributed by atoms with Crippen LogP contribution in [0.5, 0.6) is 11.5 Å². The summed E-state index contributed by atoms with van der Waals surface area (Å²) >= 11 is 0. The molecule has 4 rings (SSSR count). The summed E-state index contributed by atoms with van der Waals surface area (Å²) in [7, 11) is 0. The Balaban J connectivity index is 0.00000240. The standard InChI is InChI=1S/C21H23N3O4.ClH/c1-14-2-4-15(5-3-14)19(22)21(26)24-10-8-23(9-11-24)20(25)16-6-7-17-18(12-16)28-13-27-17;/h2-7,12,19H,8-11,13,22H2,1H3;1H. The highest BCUT2D eigenvalue weighted by Crippen LogP contribution is 2.32. The molecule has 2 heterocycles. The molecule has 0 spiro atoms. The fourth-order valence-corrected chi connectivity index (χ4v) is 3.46. The van der Waals surface area contributed by atoms with Gasteiger partial charge in [-0.2, -0.15) is 0 Å². The molecule has 7 nitrogen and oxygen atoms in total. The Morgan fingerprint density at radius 2 is 1.55 bits per heavy atom. The second-order valence-corrected chi connectivity index (χ2v) is 7.07. The van der Waals surface area contributed by atoms with Crippen LogP contribution in [0.15, 0.2) is 42.5 Å². The second kappa shape index (κ2) is 8.71. The Bertz CT molecular complexity index is 895. The number of hydrogen-bond acceptors (Lipinski definition) is 5. The highest BCUT2D eigenvalue weighted by atomic mass is 35.5. The number of halogens is 1. The molecule has 2 aromatic rings. The molecule has 0 radical (unpaired) electrons. The summed E-state index contributed by atoms with van der Waals surface area (Å²) < 4.78 is 10.6. The van der Waals surface area contributed by atoms with Crippen molar-refractivity contribution in [2.45, 2.75) is 13.0 Å². The lowest BCUT2D eigenvalue weighted by Gasteiger charge is -2.36. The zero-order chi connectivity index (χ0) is 19.7. The third-order valence-corrected chi connectivity index (χ3v) is 5.20. The topological polar surface area (TPSA) is 85.1 Å². The Morgan fingerprint density at radius 3 is 2.24 bits per heavy atom. The molecule has 0 bridgehead atoms. The van der Waals surface area contributed by atoms with E-state index in [0.29, 0.717) is 43.2 Å². The quantitative estimate of drug-likeness (QED) is 0.826. The van der Waals surface area contributed by atoms with E-state index in [0.717, 1.165) is 11.1 Å². The minimum atomic E-state index is -0.684. The summed E-state index contributed by atoms with van der Waals surface area (Å²) in [4.78, 5) is 29.0. The van der Waals surface area contributed by atoms with Crippen LogP contribution in [0.3, 0.4) is 0 Å². The van der Waals surface area contributed by atoms with Crippen LogP contribution in [-0.4, -0.2) is 54.6 Å². The van der Waals surface area contributed by atoms with E-state index in [1.807, 2.05) is 31.2 Å². The minimum absolute atomic E-state index is 0. The number of amides is 2. The first-order valence-electron chi connectivity index (χ1n) is 9.33. The van der Waals surface area contributed by atoms with E-state index < -0.39 is 6.04 Å². The number of hydrogen-bond donors (Lipinski definition) is 1. The van der Waals surface area contributed by atoms with E-state index in [9.17, 15) is 9.59 Å². The molecule has 154 valence electrons. The van der Waals surface area contributed by atoms with Crippen LogP contribution in [0, 0.1) is 6.92 Å². The average Bonchev–Trinajstić information content (AvgIpc) is 3.21. The predicted molar refractivity (Wildman–Crippen MR) is 110 cm³/mol. The van der Waals surface area contributed by atoms with Gasteiger partial charge >= 0.3 is 0 Å². The SMILES string of the molecule is Cc1ccc(C(N)C(=O)N2CCN(C(=O)c3ccc4c(c3)OCO4)CC2)cc1.Cl. The molecule has 2 aliphatic rings. The summed E-state index contributed by atoms with van der Waals surface area (Å²) in [5.41, 5.74) is 8.64. The van der Waals surface area contributed by atoms with E-state index in [1.54, 1.807) is 28.0 Å². The molecule has 0 aliphatic carbocycles. The van der Waals surface area contributed by atoms with E-state index >= 15 is 0 Å². The number of benzene rings is 2. The van der Waals surface area contributed by atoms with Crippen LogP contribution in [0.25, 0.3) is 0 Å². The summed E-state index contributed by atoms with van der Waals surface area (Å²) in [5, 5.41) is 0. The molecule has 2 amide bonds. The number of aryl methyl sites for hydroxylation is 1. The first kappa shape index (κ1) is 21.0. The number of ether oxygens (including phenoxy) is 2. The molecule has 2 aromatic carbocycles. The number of nitrogens with zero attached hydrogens (tertiary/aromatic N) is 2. The maximum Gasteiger partial charge on any atom is 0.254 e. The van der Waals surface area contributed by atoms with Crippen LogP contribution in [0.2, 0.25) is 0 Å². The van der Waals surface area contributed by atoms with Gasteiger partial charge in [0.25, 0.3) is 5.91 Å². The van der Waals surface area contributed by atoms with Gasteiger partial charge in [0, 0.05) is 31.7 Å². The molecule has 29 heavy (non-hydrogen) atoms. The fraction of sp³-hybridized carbons (Fsp3) is 0.333. The second-order valence-electron chi connectivity index (χ2n) is 7.07. The Hall–Kier alpha value is -2.77. The summed E-state index contributed by atoms with van der Waals surface area (Å²) in [5.74, 6) is 1.05. The Labute approximate surface area is 175 Å². The average molecular weight is 418 g/mol. The van der Waals surface area contributed by atoms with Crippen molar-refractivity contribution in [1.29, 1.82) is 0 Å². The molecule has 1 saturated heterocycles. The molecule has 0 saturated carbocycles. The van der Waals surface area contributed by atoms with Crippen molar-refractivity contribution in [3.8, 4) is 11.5 Å². The van der Waals surface area contributed by atoms with Crippen molar-refractivity contribution in [1.82, 2.24) is 9.80 Å². The monoisotopic (exact) mass is 417 g/mol. The lowest BCUT2D eigenvalue weighted by atomic mass is 10.0. The fourth-order valence-electron chi connectivity index (χ4n) is 3.46. The van der Waals surface area contributed by atoms with Crippen molar-refractivity contribution >= 4 is 24.2 Å². The maximum atomic E-state index is 12.8. The maximum absolute atomic E-state index is 12.8. The van der Waals surface area contributed by atoms with Crippen molar-refractivity contribution in [2.24, 2.45) is 5.73 Å². The zero-order valence-corrected chi connectivity index (χ0v) is 17.0. The van der Waals surface area contributed by atoms with Gasteiger partial charge in [0.15, 0.2) is 11.5 Å². The molecular formula is C21H24ClN3O4. The number of carbonyl (C=O) groups excluding carboxylic acids is 2. The van der Waals surface area contributed by atoms with Crippen LogP contribution in [-0.2, 0) is 4.79 Å². The summed E-state index contributed by atoms with van der Waals surface area (Å²) in [6, 6.07) is 12.2. The number of fused-ring (bicyclic) bond motifs is 1. The van der Waals surface area contributed by atoms with Crippen molar-refractivity contribution in [3.05, 3.63) is 59.2 Å². The van der Waals surface area contributed by atoms with Gasteiger partial charge in [-0.05, 0) is 30.7 Å². The molecule has 2 N–H and O–H groups in total. The number of carbonyl (C=O) groups is 2. The molecular weight excluding hydrogens is 394 g/mol. The van der Waals surface area contributed by atoms with E-state index in [4.69, 9.17) is 15.2 Å². The van der Waals surface area contributed by atoms with Gasteiger partial charge in [0.2, 0.25) is 12.7 Å². The Kier molecular flexibility index (Phi) is 6.30. The highest BCUT2D eigenvalue weighted by Gasteiger charge is 2.29. The number of piperazine rings is 1. The zero-order valence-electron chi connectivity index (χ0n) is 16.2. The van der Waals surface area contributed by atoms with E-state index in [2.05, 4.69) is 0 Å². The van der Waals surface area contributed by atoms with Gasteiger partial charge < -0.3 is 25.0 Å². The predicted octanol–water partition coefficient (Wildman–Crippen LogP) is 2.13. The van der Waals surface area contributed by atoms with Crippen LogP contribution < -0.4 is 15.2 Å². The largest absolute Gasteiger partial charge is 0.454 e. The molecule has 1 unspecified atom stereocenters. The summed E-state index contributed by atoms with van der Waals surface area (Å²) in [6.45, 7) is 4.05. The van der Waals surface area contributed by atoms with Gasteiger partial charge in [0.1, 0.15) is 6.04 Å². The van der Waals surface area contributed by atoms with E-state index in [1.165, 1.54) is 0 Å². The first-order chi connectivity index (χ1) is 13.5. The van der Waals surface area contributed by atoms with Gasteiger partial charge in [-0.1, -0.05) is 29.8 Å². The number of nitrogens with two attached hydrogens (primary N) is 1. The first-order valence-corrected chi connectivity index (χ1v) is 9.33. The normalized spacial score (nSPS) is 16.2.